The number of benzene rings is 1. The lowest BCUT2D eigenvalue weighted by Gasteiger charge is -2.36. The highest BCUT2D eigenvalue weighted by atomic mass is 28.4. The highest BCUT2D eigenvalue weighted by Crippen LogP contribution is 2.37. The molecule has 0 atom stereocenters. The Morgan fingerprint density at radius 1 is 1.05 bits per heavy atom. The molecule has 2 aromatic rings. The van der Waals surface area contributed by atoms with E-state index in [4.69, 9.17) is 4.43 Å². The second-order valence-electron chi connectivity index (χ2n) is 6.62. The topological polar surface area (TPSA) is 47.0 Å². The summed E-state index contributed by atoms with van der Waals surface area (Å²) < 4.78 is 6.25. The second-order valence-corrected chi connectivity index (χ2v) is 11.3. The fourth-order valence-corrected chi connectivity index (χ4v) is 2.60. The van der Waals surface area contributed by atoms with Crippen molar-refractivity contribution in [1.29, 1.82) is 0 Å². The average Bonchev–Trinajstić information content (AvgIpc) is 2.41. The van der Waals surface area contributed by atoms with E-state index in [-0.39, 0.29) is 5.04 Å². The molecule has 2 rings (SSSR count). The molecule has 1 N–H and O–H groups in total. The maximum atomic E-state index is 6.25. The zero-order chi connectivity index (χ0) is 15.5. The third kappa shape index (κ3) is 4.04. The lowest BCUT2D eigenvalue weighted by molar-refractivity contribution is 0.492. The molecule has 4 nitrogen and oxygen atoms in total. The second kappa shape index (κ2) is 5.85. The lowest BCUT2D eigenvalue weighted by atomic mass is 10.2. The van der Waals surface area contributed by atoms with E-state index in [0.29, 0.717) is 0 Å². The van der Waals surface area contributed by atoms with E-state index in [9.17, 15) is 0 Å². The summed E-state index contributed by atoms with van der Waals surface area (Å²) in [5.41, 5.74) is 0.970. The maximum Gasteiger partial charge on any atom is 0.250 e. The van der Waals surface area contributed by atoms with Gasteiger partial charge in [-0.3, -0.25) is 0 Å². The van der Waals surface area contributed by atoms with Gasteiger partial charge in [-0.15, -0.1) is 5.10 Å². The molecule has 1 heterocycles. The monoisotopic (exact) mass is 301 g/mol. The summed E-state index contributed by atoms with van der Waals surface area (Å²) in [4.78, 5) is 0. The van der Waals surface area contributed by atoms with Crippen LogP contribution < -0.4 is 9.74 Å². The Hall–Kier alpha value is -1.88. The first-order chi connectivity index (χ1) is 9.78. The zero-order valence-electron chi connectivity index (χ0n) is 13.3. The highest BCUT2D eigenvalue weighted by molar-refractivity contribution is 6.74. The van der Waals surface area contributed by atoms with Gasteiger partial charge in [0.05, 0.1) is 0 Å². The van der Waals surface area contributed by atoms with Crippen LogP contribution in [0.1, 0.15) is 20.8 Å². The van der Waals surface area contributed by atoms with Crippen LogP contribution in [0.2, 0.25) is 18.1 Å². The molecule has 0 bridgehead atoms. The predicted molar refractivity (Wildman–Crippen MR) is 89.6 cm³/mol. The van der Waals surface area contributed by atoms with Crippen LogP contribution in [-0.2, 0) is 0 Å². The van der Waals surface area contributed by atoms with Crippen molar-refractivity contribution in [2.45, 2.75) is 38.9 Å². The van der Waals surface area contributed by atoms with Gasteiger partial charge in [0, 0.05) is 11.9 Å². The molecule has 0 aliphatic heterocycles. The van der Waals surface area contributed by atoms with Gasteiger partial charge in [-0.25, -0.2) is 0 Å². The molecule has 0 aliphatic carbocycles. The summed E-state index contributed by atoms with van der Waals surface area (Å²) in [6.45, 7) is 11.2. The van der Waals surface area contributed by atoms with Crippen molar-refractivity contribution in [3.63, 3.8) is 0 Å². The number of hydrogen-bond acceptors (Lipinski definition) is 4. The summed E-state index contributed by atoms with van der Waals surface area (Å²) >= 11 is 0. The van der Waals surface area contributed by atoms with Crippen molar-refractivity contribution in [3.8, 4) is 5.75 Å². The van der Waals surface area contributed by atoms with Gasteiger partial charge in [0.1, 0.15) is 5.75 Å². The normalized spacial score (nSPS) is 12.0. The van der Waals surface area contributed by atoms with Gasteiger partial charge in [-0.1, -0.05) is 20.8 Å². The van der Waals surface area contributed by atoms with Gasteiger partial charge in [-0.2, -0.15) is 5.10 Å². The van der Waals surface area contributed by atoms with E-state index < -0.39 is 8.32 Å². The SMILES string of the molecule is CC(C)(C)[Si](C)(C)Oc1ccc(Nc2cccnn2)cc1. The number of aromatic nitrogens is 2. The average molecular weight is 301 g/mol. The Labute approximate surface area is 127 Å². The van der Waals surface area contributed by atoms with E-state index >= 15 is 0 Å². The Balaban J connectivity index is 2.06. The largest absolute Gasteiger partial charge is 0.544 e. The van der Waals surface area contributed by atoms with Crippen LogP contribution in [0, 0.1) is 0 Å². The Bertz CT molecular complexity index is 577. The van der Waals surface area contributed by atoms with Gasteiger partial charge in [-0.05, 0) is 54.5 Å². The third-order valence-corrected chi connectivity index (χ3v) is 8.24. The Morgan fingerprint density at radius 3 is 2.24 bits per heavy atom. The molecule has 1 aromatic heterocycles. The Morgan fingerprint density at radius 2 is 1.71 bits per heavy atom. The van der Waals surface area contributed by atoms with Crippen molar-refractivity contribution in [1.82, 2.24) is 10.2 Å². The fraction of sp³-hybridized carbons (Fsp3) is 0.375. The van der Waals surface area contributed by atoms with Gasteiger partial charge < -0.3 is 9.74 Å². The molecule has 1 aromatic carbocycles. The van der Waals surface area contributed by atoms with Crippen LogP contribution in [0.25, 0.3) is 0 Å². The van der Waals surface area contributed by atoms with E-state index in [2.05, 4.69) is 49.4 Å². The molecule has 0 radical (unpaired) electrons. The van der Waals surface area contributed by atoms with E-state index in [1.807, 2.05) is 36.4 Å². The van der Waals surface area contributed by atoms with Gasteiger partial charge in [0.2, 0.25) is 8.32 Å². The van der Waals surface area contributed by atoms with Crippen molar-refractivity contribution < 1.29 is 4.43 Å². The molecule has 0 unspecified atom stereocenters. The maximum absolute atomic E-state index is 6.25. The molecule has 5 heteroatoms. The predicted octanol–water partition coefficient (Wildman–Crippen LogP) is 4.60. The number of nitrogens with one attached hydrogen (secondary N) is 1. The van der Waals surface area contributed by atoms with Crippen LogP contribution in [0.5, 0.6) is 5.75 Å². The number of rotatable bonds is 4. The minimum absolute atomic E-state index is 0.198. The molecule has 0 aliphatic rings. The van der Waals surface area contributed by atoms with Crippen molar-refractivity contribution >= 4 is 19.8 Å². The minimum atomic E-state index is -1.78. The summed E-state index contributed by atoms with van der Waals surface area (Å²) in [7, 11) is -1.78. The summed E-state index contributed by atoms with van der Waals surface area (Å²) in [5, 5.41) is 11.2. The molecule has 0 saturated carbocycles. The number of anilines is 2. The number of nitrogens with zero attached hydrogens (tertiary/aromatic N) is 2. The summed E-state index contributed by atoms with van der Waals surface area (Å²) in [6, 6.07) is 11.7. The first-order valence-corrected chi connectivity index (χ1v) is 10.0. The van der Waals surface area contributed by atoms with Crippen LogP contribution in [0.4, 0.5) is 11.5 Å². The lowest BCUT2D eigenvalue weighted by Crippen LogP contribution is -2.43. The van der Waals surface area contributed by atoms with Crippen molar-refractivity contribution in [2.24, 2.45) is 0 Å². The molecule has 0 spiro atoms. The molecule has 21 heavy (non-hydrogen) atoms. The quantitative estimate of drug-likeness (QED) is 0.838. The minimum Gasteiger partial charge on any atom is -0.544 e. The summed E-state index contributed by atoms with van der Waals surface area (Å²) in [5.74, 6) is 1.65. The Kier molecular flexibility index (Phi) is 4.32. The van der Waals surface area contributed by atoms with Crippen molar-refractivity contribution in [3.05, 3.63) is 42.6 Å². The van der Waals surface area contributed by atoms with E-state index in [1.54, 1.807) is 6.20 Å². The third-order valence-electron chi connectivity index (χ3n) is 3.88. The molecule has 0 amide bonds. The molecule has 112 valence electrons. The fourth-order valence-electron chi connectivity index (χ4n) is 1.57. The van der Waals surface area contributed by atoms with Gasteiger partial charge >= 0.3 is 0 Å². The van der Waals surface area contributed by atoms with Crippen LogP contribution in [0.15, 0.2) is 42.6 Å². The van der Waals surface area contributed by atoms with E-state index in [0.717, 1.165) is 17.3 Å². The number of hydrogen-bond donors (Lipinski definition) is 1. The highest BCUT2D eigenvalue weighted by Gasteiger charge is 2.38. The first-order valence-electron chi connectivity index (χ1n) is 7.12. The van der Waals surface area contributed by atoms with Gasteiger partial charge in [0.25, 0.3) is 0 Å². The van der Waals surface area contributed by atoms with Crippen molar-refractivity contribution in [2.75, 3.05) is 5.32 Å². The molecular weight excluding hydrogens is 278 g/mol. The zero-order valence-corrected chi connectivity index (χ0v) is 14.3. The van der Waals surface area contributed by atoms with Crippen LogP contribution in [0.3, 0.4) is 0 Å². The smallest absolute Gasteiger partial charge is 0.250 e. The molecular formula is C16H23N3OSi. The molecule has 0 saturated heterocycles. The van der Waals surface area contributed by atoms with Gasteiger partial charge in [0.15, 0.2) is 5.82 Å². The standard InChI is InChI=1S/C16H23N3OSi/c1-16(2,3)21(4,5)20-14-10-8-13(9-11-14)18-15-7-6-12-17-19-15/h6-12H,1-5H3,(H,18,19). The van der Waals surface area contributed by atoms with Crippen LogP contribution >= 0.6 is 0 Å². The summed E-state index contributed by atoms with van der Waals surface area (Å²) in [6.07, 6.45) is 1.65. The van der Waals surface area contributed by atoms with E-state index in [1.165, 1.54) is 0 Å². The first kappa shape index (κ1) is 15.5. The molecule has 0 fully saturated rings. The van der Waals surface area contributed by atoms with Crippen LogP contribution in [-0.4, -0.2) is 18.5 Å².